The number of sulfonamides is 1. The first-order valence-corrected chi connectivity index (χ1v) is 10.5. The van der Waals surface area contributed by atoms with E-state index in [-0.39, 0.29) is 19.0 Å². The molecule has 2 aromatic rings. The zero-order chi connectivity index (χ0) is 19.2. The highest BCUT2D eigenvalue weighted by Gasteiger charge is 2.20. The monoisotopic (exact) mass is 418 g/mol. The average molecular weight is 419 g/mol. The van der Waals surface area contributed by atoms with Crippen LogP contribution in [0.5, 0.6) is 0 Å². The number of benzene rings is 1. The minimum absolute atomic E-state index is 0.0399. The maximum Gasteiger partial charge on any atom is 0.235 e. The van der Waals surface area contributed by atoms with Gasteiger partial charge >= 0.3 is 0 Å². The summed E-state index contributed by atoms with van der Waals surface area (Å²) in [6.07, 6.45) is 7.01. The van der Waals surface area contributed by atoms with Crippen LogP contribution in [-0.2, 0) is 27.9 Å². The number of amides is 1. The van der Waals surface area contributed by atoms with Crippen molar-refractivity contribution in [1.82, 2.24) is 19.2 Å². The van der Waals surface area contributed by atoms with Crippen molar-refractivity contribution in [3.63, 3.8) is 0 Å². The van der Waals surface area contributed by atoms with Crippen molar-refractivity contribution in [3.05, 3.63) is 52.5 Å². The van der Waals surface area contributed by atoms with E-state index in [9.17, 15) is 13.2 Å². The molecule has 0 saturated carbocycles. The van der Waals surface area contributed by atoms with Crippen LogP contribution in [-0.4, -0.2) is 47.5 Å². The van der Waals surface area contributed by atoms with Gasteiger partial charge in [0.15, 0.2) is 0 Å². The Morgan fingerprint density at radius 1 is 1.31 bits per heavy atom. The molecule has 0 fully saturated rings. The fraction of sp³-hybridized carbons (Fsp3) is 0.375. The van der Waals surface area contributed by atoms with Gasteiger partial charge in [0.25, 0.3) is 0 Å². The molecule has 0 aliphatic heterocycles. The highest BCUT2D eigenvalue weighted by molar-refractivity contribution is 7.88. The van der Waals surface area contributed by atoms with E-state index in [4.69, 9.17) is 23.2 Å². The number of aromatic nitrogens is 2. The maximum absolute atomic E-state index is 12.1. The molecule has 2 rings (SSSR count). The van der Waals surface area contributed by atoms with E-state index in [0.717, 1.165) is 17.1 Å². The fourth-order valence-electron chi connectivity index (χ4n) is 2.26. The quantitative estimate of drug-likeness (QED) is 0.632. The Labute approximate surface area is 163 Å². The molecule has 10 heteroatoms. The van der Waals surface area contributed by atoms with Crippen molar-refractivity contribution >= 4 is 39.1 Å². The van der Waals surface area contributed by atoms with Gasteiger partial charge in [0.1, 0.15) is 0 Å². The molecule has 1 N–H and O–H groups in total. The lowest BCUT2D eigenvalue weighted by atomic mass is 10.2. The number of hydrogen-bond donors (Lipinski definition) is 1. The second-order valence-corrected chi connectivity index (χ2v) is 8.58. The first-order valence-electron chi connectivity index (χ1n) is 7.87. The highest BCUT2D eigenvalue weighted by atomic mass is 35.5. The first kappa shape index (κ1) is 20.7. The molecule has 0 aliphatic rings. The van der Waals surface area contributed by atoms with Crippen LogP contribution >= 0.6 is 23.2 Å². The minimum atomic E-state index is -3.56. The molecule has 0 spiro atoms. The van der Waals surface area contributed by atoms with Gasteiger partial charge in [-0.3, -0.25) is 4.79 Å². The van der Waals surface area contributed by atoms with Crippen LogP contribution < -0.4 is 5.32 Å². The van der Waals surface area contributed by atoms with E-state index in [1.807, 2.05) is 10.8 Å². The molecule has 26 heavy (non-hydrogen) atoms. The molecule has 1 amide bonds. The summed E-state index contributed by atoms with van der Waals surface area (Å²) >= 11 is 11.8. The van der Waals surface area contributed by atoms with Crippen LogP contribution in [0.2, 0.25) is 10.0 Å². The van der Waals surface area contributed by atoms with Crippen LogP contribution in [0.3, 0.4) is 0 Å². The molecule has 1 aromatic carbocycles. The highest BCUT2D eigenvalue weighted by Crippen LogP contribution is 2.23. The van der Waals surface area contributed by atoms with Crippen LogP contribution in [0.4, 0.5) is 0 Å². The van der Waals surface area contributed by atoms with Crippen molar-refractivity contribution in [2.24, 2.45) is 0 Å². The number of nitrogens with one attached hydrogen (secondary N) is 1. The minimum Gasteiger partial charge on any atom is -0.355 e. The number of carbonyl (C=O) groups is 1. The number of nitrogens with zero attached hydrogens (tertiary/aromatic N) is 3. The number of aryl methyl sites for hydroxylation is 1. The summed E-state index contributed by atoms with van der Waals surface area (Å²) in [7, 11) is -3.56. The smallest absolute Gasteiger partial charge is 0.235 e. The number of halogens is 2. The molecule has 0 aliphatic carbocycles. The van der Waals surface area contributed by atoms with E-state index in [0.29, 0.717) is 28.6 Å². The standard InChI is InChI=1S/C16H20Cl2N4O3S/c1-26(24,25)22(10-13-3-4-14(17)15(18)9-13)11-16(23)20-5-2-7-21-8-6-19-12-21/h3-4,6,8-9,12H,2,5,7,10-11H2,1H3,(H,20,23). The lowest BCUT2D eigenvalue weighted by Gasteiger charge is -2.20. The molecule has 7 nitrogen and oxygen atoms in total. The van der Waals surface area contributed by atoms with Crippen molar-refractivity contribution in [1.29, 1.82) is 0 Å². The largest absolute Gasteiger partial charge is 0.355 e. The Hall–Kier alpha value is -1.61. The third-order valence-electron chi connectivity index (χ3n) is 3.61. The predicted octanol–water partition coefficient (Wildman–Crippen LogP) is 2.16. The molecular weight excluding hydrogens is 399 g/mol. The van der Waals surface area contributed by atoms with Crippen LogP contribution in [0.1, 0.15) is 12.0 Å². The Bertz CT molecular complexity index is 841. The van der Waals surface area contributed by atoms with Gasteiger partial charge in [0.2, 0.25) is 15.9 Å². The Morgan fingerprint density at radius 3 is 2.69 bits per heavy atom. The second-order valence-electron chi connectivity index (χ2n) is 5.78. The van der Waals surface area contributed by atoms with Crippen molar-refractivity contribution in [2.45, 2.75) is 19.5 Å². The summed E-state index contributed by atoms with van der Waals surface area (Å²) in [5, 5.41) is 3.45. The number of carbonyl (C=O) groups excluding carboxylic acids is 1. The molecular formula is C16H20Cl2N4O3S. The molecule has 0 unspecified atom stereocenters. The van der Waals surface area contributed by atoms with Gasteiger partial charge in [-0.05, 0) is 24.1 Å². The van der Waals surface area contributed by atoms with Gasteiger partial charge in [-0.25, -0.2) is 13.4 Å². The van der Waals surface area contributed by atoms with Gasteiger partial charge in [0.05, 0.1) is 29.2 Å². The third-order valence-corrected chi connectivity index (χ3v) is 5.54. The molecule has 0 radical (unpaired) electrons. The van der Waals surface area contributed by atoms with Crippen LogP contribution in [0, 0.1) is 0 Å². The van der Waals surface area contributed by atoms with Crippen molar-refractivity contribution in [3.8, 4) is 0 Å². The summed E-state index contributed by atoms with van der Waals surface area (Å²) in [4.78, 5) is 16.0. The molecule has 0 bridgehead atoms. The van der Waals surface area contributed by atoms with E-state index in [2.05, 4.69) is 10.3 Å². The zero-order valence-electron chi connectivity index (χ0n) is 14.2. The number of hydrogen-bond acceptors (Lipinski definition) is 4. The van der Waals surface area contributed by atoms with Gasteiger partial charge < -0.3 is 9.88 Å². The SMILES string of the molecule is CS(=O)(=O)N(CC(=O)NCCCn1ccnc1)Cc1ccc(Cl)c(Cl)c1. The van der Waals surface area contributed by atoms with Gasteiger partial charge in [-0.2, -0.15) is 4.31 Å². The summed E-state index contributed by atoms with van der Waals surface area (Å²) in [5.74, 6) is -0.360. The molecule has 0 atom stereocenters. The van der Waals surface area contributed by atoms with Crippen molar-refractivity contribution < 1.29 is 13.2 Å². The van der Waals surface area contributed by atoms with E-state index >= 15 is 0 Å². The van der Waals surface area contributed by atoms with E-state index < -0.39 is 10.0 Å². The van der Waals surface area contributed by atoms with Gasteiger partial charge in [-0.15, -0.1) is 0 Å². The molecule has 0 saturated heterocycles. The Morgan fingerprint density at radius 2 is 2.08 bits per heavy atom. The maximum atomic E-state index is 12.1. The number of rotatable bonds is 9. The average Bonchev–Trinajstić information content (AvgIpc) is 3.07. The third kappa shape index (κ3) is 6.60. The Kier molecular flexibility index (Phi) is 7.45. The summed E-state index contributed by atoms with van der Waals surface area (Å²) < 4.78 is 27.0. The summed E-state index contributed by atoms with van der Waals surface area (Å²) in [6.45, 7) is 0.947. The fourth-order valence-corrected chi connectivity index (χ4v) is 3.31. The Balaban J connectivity index is 1.88. The van der Waals surface area contributed by atoms with Crippen LogP contribution in [0.15, 0.2) is 36.9 Å². The lowest BCUT2D eigenvalue weighted by Crippen LogP contribution is -2.40. The zero-order valence-corrected chi connectivity index (χ0v) is 16.6. The van der Waals surface area contributed by atoms with E-state index in [1.165, 1.54) is 0 Å². The van der Waals surface area contributed by atoms with Crippen LogP contribution in [0.25, 0.3) is 0 Å². The first-order chi connectivity index (χ1) is 12.3. The van der Waals surface area contributed by atoms with Gasteiger partial charge in [0, 0.05) is 32.0 Å². The van der Waals surface area contributed by atoms with E-state index in [1.54, 1.807) is 30.7 Å². The second kappa shape index (κ2) is 9.36. The van der Waals surface area contributed by atoms with Crippen molar-refractivity contribution in [2.75, 3.05) is 19.3 Å². The topological polar surface area (TPSA) is 84.3 Å². The molecule has 1 aromatic heterocycles. The molecule has 1 heterocycles. The summed E-state index contributed by atoms with van der Waals surface area (Å²) in [6, 6.07) is 4.86. The normalized spacial score (nSPS) is 11.7. The lowest BCUT2D eigenvalue weighted by molar-refractivity contribution is -0.121. The van der Waals surface area contributed by atoms with Gasteiger partial charge in [-0.1, -0.05) is 29.3 Å². The molecule has 142 valence electrons. The predicted molar refractivity (Wildman–Crippen MR) is 102 cm³/mol. The summed E-state index contributed by atoms with van der Waals surface area (Å²) in [5.41, 5.74) is 0.651. The number of imidazole rings is 1.